The van der Waals surface area contributed by atoms with E-state index in [2.05, 4.69) is 46.4 Å². The molecule has 0 bridgehead atoms. The Morgan fingerprint density at radius 3 is 2.73 bits per heavy atom. The van der Waals surface area contributed by atoms with Gasteiger partial charge < -0.3 is 11.1 Å². The van der Waals surface area contributed by atoms with Crippen LogP contribution < -0.4 is 11.1 Å². The standard InChI is InChI=1S/C20H25ClN4O/c1-14-3-2-8-25(12-14)13-16-6-4-15(5-7-16)11-23-20(26)17-9-18(21)24-19(22)10-17/h4-7,9-10,14H,2-3,8,11-13H2,1H3,(H2,22,24)(H,23,26)/t14-/m1/s1. The minimum atomic E-state index is -0.215. The molecule has 3 N–H and O–H groups in total. The first-order valence-corrected chi connectivity index (χ1v) is 9.39. The molecule has 138 valence electrons. The maximum Gasteiger partial charge on any atom is 0.251 e. The second kappa shape index (κ2) is 8.52. The highest BCUT2D eigenvalue weighted by atomic mass is 35.5. The Morgan fingerprint density at radius 1 is 1.31 bits per heavy atom. The van der Waals surface area contributed by atoms with E-state index in [0.29, 0.717) is 12.1 Å². The molecular weight excluding hydrogens is 348 g/mol. The average Bonchev–Trinajstić information content (AvgIpc) is 2.60. The van der Waals surface area contributed by atoms with Crippen LogP contribution >= 0.6 is 11.6 Å². The molecule has 0 saturated carbocycles. The van der Waals surface area contributed by atoms with Crippen LogP contribution in [0.5, 0.6) is 0 Å². The Balaban J connectivity index is 1.53. The second-order valence-corrected chi connectivity index (χ2v) is 7.47. The number of nitrogens with one attached hydrogen (secondary N) is 1. The van der Waals surface area contributed by atoms with Gasteiger partial charge in [0.2, 0.25) is 0 Å². The van der Waals surface area contributed by atoms with E-state index in [1.807, 2.05) is 0 Å². The van der Waals surface area contributed by atoms with Gasteiger partial charge in [-0.2, -0.15) is 0 Å². The number of carbonyl (C=O) groups excluding carboxylic acids is 1. The van der Waals surface area contributed by atoms with Gasteiger partial charge in [-0.05, 0) is 48.6 Å². The lowest BCUT2D eigenvalue weighted by atomic mass is 9.99. The number of piperidine rings is 1. The fourth-order valence-corrected chi connectivity index (χ4v) is 3.60. The van der Waals surface area contributed by atoms with Crippen LogP contribution in [0, 0.1) is 5.92 Å². The van der Waals surface area contributed by atoms with Crippen LogP contribution in [-0.2, 0) is 13.1 Å². The third-order valence-corrected chi connectivity index (χ3v) is 4.89. The summed E-state index contributed by atoms with van der Waals surface area (Å²) in [5.41, 5.74) is 8.41. The van der Waals surface area contributed by atoms with E-state index in [0.717, 1.165) is 18.0 Å². The number of hydrogen-bond donors (Lipinski definition) is 2. The summed E-state index contributed by atoms with van der Waals surface area (Å²) in [6.07, 6.45) is 2.62. The van der Waals surface area contributed by atoms with Gasteiger partial charge >= 0.3 is 0 Å². The highest BCUT2D eigenvalue weighted by Crippen LogP contribution is 2.18. The van der Waals surface area contributed by atoms with Crippen molar-refractivity contribution in [3.05, 3.63) is 58.2 Å². The van der Waals surface area contributed by atoms with Gasteiger partial charge in [-0.3, -0.25) is 9.69 Å². The summed E-state index contributed by atoms with van der Waals surface area (Å²) >= 11 is 5.84. The lowest BCUT2D eigenvalue weighted by molar-refractivity contribution is 0.0951. The number of halogens is 1. The van der Waals surface area contributed by atoms with Gasteiger partial charge in [-0.1, -0.05) is 42.8 Å². The van der Waals surface area contributed by atoms with Gasteiger partial charge in [0.15, 0.2) is 0 Å². The van der Waals surface area contributed by atoms with Crippen molar-refractivity contribution in [2.24, 2.45) is 5.92 Å². The van der Waals surface area contributed by atoms with Crippen molar-refractivity contribution >= 4 is 23.3 Å². The third-order valence-electron chi connectivity index (χ3n) is 4.70. The molecule has 1 saturated heterocycles. The molecule has 1 fully saturated rings. The molecule has 6 heteroatoms. The zero-order valence-electron chi connectivity index (χ0n) is 15.0. The lowest BCUT2D eigenvalue weighted by Crippen LogP contribution is -2.33. The number of nitrogens with zero attached hydrogens (tertiary/aromatic N) is 2. The largest absolute Gasteiger partial charge is 0.384 e. The topological polar surface area (TPSA) is 71.2 Å². The molecule has 2 aromatic rings. The van der Waals surface area contributed by atoms with Gasteiger partial charge in [0.1, 0.15) is 11.0 Å². The first-order valence-electron chi connectivity index (χ1n) is 9.01. The van der Waals surface area contributed by atoms with Gasteiger partial charge in [0.25, 0.3) is 5.91 Å². The number of amides is 1. The zero-order chi connectivity index (χ0) is 18.5. The molecule has 1 aliphatic rings. The molecule has 1 aromatic carbocycles. The Morgan fingerprint density at radius 2 is 2.04 bits per heavy atom. The van der Waals surface area contributed by atoms with Crippen molar-refractivity contribution in [3.8, 4) is 0 Å². The molecule has 2 heterocycles. The van der Waals surface area contributed by atoms with E-state index in [1.54, 1.807) is 0 Å². The predicted octanol–water partition coefficient (Wildman–Crippen LogP) is 3.48. The summed E-state index contributed by atoms with van der Waals surface area (Å²) in [5, 5.41) is 3.10. The smallest absolute Gasteiger partial charge is 0.251 e. The van der Waals surface area contributed by atoms with Crippen molar-refractivity contribution < 1.29 is 4.79 Å². The molecule has 0 spiro atoms. The van der Waals surface area contributed by atoms with E-state index >= 15 is 0 Å². The molecule has 0 unspecified atom stereocenters. The summed E-state index contributed by atoms with van der Waals surface area (Å²) in [6.45, 7) is 6.13. The third kappa shape index (κ3) is 5.19. The molecule has 1 aromatic heterocycles. The fraction of sp³-hybridized carbons (Fsp3) is 0.400. The quantitative estimate of drug-likeness (QED) is 0.788. The summed E-state index contributed by atoms with van der Waals surface area (Å²) in [7, 11) is 0. The molecular formula is C20H25ClN4O. The first kappa shape index (κ1) is 18.7. The monoisotopic (exact) mass is 372 g/mol. The number of anilines is 1. The second-order valence-electron chi connectivity index (χ2n) is 7.09. The van der Waals surface area contributed by atoms with E-state index in [1.165, 1.54) is 43.6 Å². The van der Waals surface area contributed by atoms with Crippen molar-refractivity contribution in [2.75, 3.05) is 18.8 Å². The number of nitrogens with two attached hydrogens (primary N) is 1. The first-order chi connectivity index (χ1) is 12.5. The van der Waals surface area contributed by atoms with E-state index in [-0.39, 0.29) is 16.9 Å². The Hall–Kier alpha value is -2.11. The minimum Gasteiger partial charge on any atom is -0.384 e. The van der Waals surface area contributed by atoms with E-state index < -0.39 is 0 Å². The maximum absolute atomic E-state index is 12.2. The normalized spacial score (nSPS) is 17.8. The number of rotatable bonds is 5. The summed E-state index contributed by atoms with van der Waals surface area (Å²) in [4.78, 5) is 18.6. The van der Waals surface area contributed by atoms with Gasteiger partial charge in [0.05, 0.1) is 0 Å². The SMILES string of the molecule is C[C@@H]1CCCN(Cc2ccc(CNC(=O)c3cc(N)nc(Cl)c3)cc2)C1. The fourth-order valence-electron chi connectivity index (χ4n) is 3.38. The van der Waals surface area contributed by atoms with Crippen LogP contribution in [0.15, 0.2) is 36.4 Å². The van der Waals surface area contributed by atoms with Crippen molar-refractivity contribution in [3.63, 3.8) is 0 Å². The van der Waals surface area contributed by atoms with Gasteiger partial charge in [-0.25, -0.2) is 4.98 Å². The number of hydrogen-bond acceptors (Lipinski definition) is 4. The van der Waals surface area contributed by atoms with Gasteiger partial charge in [0, 0.05) is 25.2 Å². The van der Waals surface area contributed by atoms with Crippen molar-refractivity contribution in [1.82, 2.24) is 15.2 Å². The molecule has 26 heavy (non-hydrogen) atoms. The highest BCUT2D eigenvalue weighted by molar-refractivity contribution is 6.29. The molecule has 0 radical (unpaired) electrons. The molecule has 5 nitrogen and oxygen atoms in total. The molecule has 1 atom stereocenters. The minimum absolute atomic E-state index is 0.214. The van der Waals surface area contributed by atoms with E-state index in [9.17, 15) is 4.79 Å². The van der Waals surface area contributed by atoms with Crippen LogP contribution in [0.25, 0.3) is 0 Å². The van der Waals surface area contributed by atoms with Crippen molar-refractivity contribution in [1.29, 1.82) is 0 Å². The number of benzene rings is 1. The number of pyridine rings is 1. The predicted molar refractivity (Wildman–Crippen MR) is 105 cm³/mol. The lowest BCUT2D eigenvalue weighted by Gasteiger charge is -2.30. The van der Waals surface area contributed by atoms with Crippen LogP contribution in [-0.4, -0.2) is 28.9 Å². The van der Waals surface area contributed by atoms with Gasteiger partial charge in [-0.15, -0.1) is 0 Å². The number of aromatic nitrogens is 1. The molecule has 0 aliphatic carbocycles. The average molecular weight is 373 g/mol. The maximum atomic E-state index is 12.2. The molecule has 1 aliphatic heterocycles. The van der Waals surface area contributed by atoms with Crippen LogP contribution in [0.3, 0.4) is 0 Å². The van der Waals surface area contributed by atoms with Crippen LogP contribution in [0.4, 0.5) is 5.82 Å². The number of carbonyl (C=O) groups is 1. The summed E-state index contributed by atoms with van der Waals surface area (Å²) < 4.78 is 0. The number of likely N-dealkylation sites (tertiary alicyclic amines) is 1. The number of nitrogen functional groups attached to an aromatic ring is 1. The summed E-state index contributed by atoms with van der Waals surface area (Å²) in [6, 6.07) is 11.4. The summed E-state index contributed by atoms with van der Waals surface area (Å²) in [5.74, 6) is 0.806. The Labute approximate surface area is 159 Å². The zero-order valence-corrected chi connectivity index (χ0v) is 15.8. The van der Waals surface area contributed by atoms with Crippen LogP contribution in [0.2, 0.25) is 5.15 Å². The Kier molecular flexibility index (Phi) is 6.12. The van der Waals surface area contributed by atoms with E-state index in [4.69, 9.17) is 17.3 Å². The highest BCUT2D eigenvalue weighted by Gasteiger charge is 2.16. The Bertz CT molecular complexity index is 743. The van der Waals surface area contributed by atoms with Crippen LogP contribution in [0.1, 0.15) is 41.3 Å². The van der Waals surface area contributed by atoms with Crippen molar-refractivity contribution in [2.45, 2.75) is 32.9 Å². The molecule has 1 amide bonds. The molecule has 3 rings (SSSR count).